The van der Waals surface area contributed by atoms with Crippen molar-refractivity contribution >= 4 is 5.91 Å². The molecular weight excluding hydrogens is 326 g/mol. The second-order valence-corrected chi connectivity index (χ2v) is 6.74. The van der Waals surface area contributed by atoms with Crippen LogP contribution in [0.15, 0.2) is 55.0 Å². The second-order valence-electron chi connectivity index (χ2n) is 6.74. The summed E-state index contributed by atoms with van der Waals surface area (Å²) in [5, 5.41) is 4.21. The van der Waals surface area contributed by atoms with Gasteiger partial charge in [0.2, 0.25) is 0 Å². The fourth-order valence-corrected chi connectivity index (χ4v) is 3.70. The summed E-state index contributed by atoms with van der Waals surface area (Å²) in [5.41, 5.74) is 1.66. The molecule has 0 saturated carbocycles. The molecule has 6 nitrogen and oxygen atoms in total. The highest BCUT2D eigenvalue weighted by Crippen LogP contribution is 2.31. The van der Waals surface area contributed by atoms with Gasteiger partial charge in [0.15, 0.2) is 5.82 Å². The molecule has 0 aliphatic carbocycles. The first-order chi connectivity index (χ1) is 12.7. The van der Waals surface area contributed by atoms with Crippen molar-refractivity contribution in [2.45, 2.75) is 31.7 Å². The van der Waals surface area contributed by atoms with E-state index in [4.69, 9.17) is 0 Å². The van der Waals surface area contributed by atoms with Gasteiger partial charge in [0.05, 0.1) is 6.04 Å². The van der Waals surface area contributed by atoms with Crippen molar-refractivity contribution in [3.05, 3.63) is 66.4 Å². The Morgan fingerprint density at radius 1 is 1.08 bits per heavy atom. The minimum atomic E-state index is -0.00731. The maximum Gasteiger partial charge on any atom is 0.273 e. The van der Waals surface area contributed by atoms with E-state index < -0.39 is 0 Å². The summed E-state index contributed by atoms with van der Waals surface area (Å²) >= 11 is 0. The molecule has 0 bridgehead atoms. The van der Waals surface area contributed by atoms with E-state index in [9.17, 15) is 4.79 Å². The molecule has 1 atom stereocenters. The third-order valence-electron chi connectivity index (χ3n) is 5.03. The molecule has 0 spiro atoms. The molecule has 1 saturated heterocycles. The Balaban J connectivity index is 1.67. The number of likely N-dealkylation sites (tertiary alicyclic amines) is 1. The summed E-state index contributed by atoms with van der Waals surface area (Å²) in [6.07, 6.45) is 9.89. The van der Waals surface area contributed by atoms with Crippen molar-refractivity contribution in [1.29, 1.82) is 0 Å². The largest absolute Gasteiger partial charge is 0.353 e. The molecule has 0 aromatic carbocycles. The van der Waals surface area contributed by atoms with Crippen molar-refractivity contribution in [2.24, 2.45) is 7.05 Å². The van der Waals surface area contributed by atoms with Gasteiger partial charge < -0.3 is 9.47 Å². The standard InChI is InChI=1S/C20H23N5O/c1-23-13-6-10-17(23)18-9-3-2-4-14-24(18)20(26)16-8-5-11-19(22-16)25-15-7-12-21-25/h5-8,10-13,15,18H,2-4,9,14H2,1H3. The molecule has 1 amide bonds. The second kappa shape index (κ2) is 7.15. The van der Waals surface area contributed by atoms with Crippen molar-refractivity contribution in [2.75, 3.05) is 6.54 Å². The van der Waals surface area contributed by atoms with Crippen LogP contribution in [0.4, 0.5) is 0 Å². The van der Waals surface area contributed by atoms with Crippen LogP contribution in [0, 0.1) is 0 Å². The van der Waals surface area contributed by atoms with E-state index in [0.29, 0.717) is 11.5 Å². The first-order valence-electron chi connectivity index (χ1n) is 9.13. The number of pyridine rings is 1. The average molecular weight is 349 g/mol. The molecule has 1 fully saturated rings. The van der Waals surface area contributed by atoms with Gasteiger partial charge in [-0.3, -0.25) is 4.79 Å². The van der Waals surface area contributed by atoms with E-state index in [1.807, 2.05) is 48.6 Å². The molecule has 6 heteroatoms. The number of nitrogens with zero attached hydrogens (tertiary/aromatic N) is 5. The summed E-state index contributed by atoms with van der Waals surface area (Å²) < 4.78 is 3.79. The zero-order valence-corrected chi connectivity index (χ0v) is 15.0. The van der Waals surface area contributed by atoms with Gasteiger partial charge in [0.1, 0.15) is 5.69 Å². The Bertz CT molecular complexity index is 883. The Kier molecular flexibility index (Phi) is 4.56. The van der Waals surface area contributed by atoms with Gasteiger partial charge in [-0.05, 0) is 43.2 Å². The molecule has 4 rings (SSSR count). The summed E-state index contributed by atoms with van der Waals surface area (Å²) in [5.74, 6) is 0.651. The Morgan fingerprint density at radius 2 is 2.00 bits per heavy atom. The van der Waals surface area contributed by atoms with E-state index in [-0.39, 0.29) is 11.9 Å². The van der Waals surface area contributed by atoms with Crippen molar-refractivity contribution < 1.29 is 4.79 Å². The minimum Gasteiger partial charge on any atom is -0.353 e. The van der Waals surface area contributed by atoms with Gasteiger partial charge >= 0.3 is 0 Å². The Morgan fingerprint density at radius 3 is 2.77 bits per heavy atom. The van der Waals surface area contributed by atoms with Gasteiger partial charge in [0, 0.05) is 37.9 Å². The summed E-state index contributed by atoms with van der Waals surface area (Å²) in [4.78, 5) is 19.9. The van der Waals surface area contributed by atoms with Gasteiger partial charge in [-0.15, -0.1) is 0 Å². The number of carbonyl (C=O) groups excluding carboxylic acids is 1. The first kappa shape index (κ1) is 16.6. The molecule has 1 unspecified atom stereocenters. The highest BCUT2D eigenvalue weighted by Gasteiger charge is 2.29. The van der Waals surface area contributed by atoms with Crippen molar-refractivity contribution in [3.8, 4) is 5.82 Å². The van der Waals surface area contributed by atoms with Crippen LogP contribution in [0.2, 0.25) is 0 Å². The zero-order chi connectivity index (χ0) is 17.9. The van der Waals surface area contributed by atoms with Crippen LogP contribution >= 0.6 is 0 Å². The maximum atomic E-state index is 13.3. The fourth-order valence-electron chi connectivity index (χ4n) is 3.70. The third-order valence-corrected chi connectivity index (χ3v) is 5.03. The van der Waals surface area contributed by atoms with Crippen LogP contribution in [0.5, 0.6) is 0 Å². The monoisotopic (exact) mass is 349 g/mol. The maximum absolute atomic E-state index is 13.3. The van der Waals surface area contributed by atoms with Crippen LogP contribution < -0.4 is 0 Å². The van der Waals surface area contributed by atoms with Gasteiger partial charge in [-0.1, -0.05) is 18.9 Å². The van der Waals surface area contributed by atoms with Crippen molar-refractivity contribution in [3.63, 3.8) is 0 Å². The summed E-state index contributed by atoms with van der Waals surface area (Å²) in [6.45, 7) is 0.766. The minimum absolute atomic E-state index is 0.00731. The fraction of sp³-hybridized carbons (Fsp3) is 0.350. The van der Waals surface area contributed by atoms with Gasteiger partial charge in [0.25, 0.3) is 5.91 Å². The molecule has 26 heavy (non-hydrogen) atoms. The van der Waals surface area contributed by atoms with Crippen LogP contribution in [-0.4, -0.2) is 36.7 Å². The molecule has 3 aromatic heterocycles. The van der Waals surface area contributed by atoms with Crippen LogP contribution in [0.25, 0.3) is 5.82 Å². The SMILES string of the molecule is Cn1cccc1C1CCCCCN1C(=O)c1cccc(-n2cccn2)n1. The predicted molar refractivity (Wildman–Crippen MR) is 99.0 cm³/mol. The smallest absolute Gasteiger partial charge is 0.273 e. The van der Waals surface area contributed by atoms with E-state index in [2.05, 4.69) is 20.7 Å². The number of aromatic nitrogens is 4. The number of amides is 1. The van der Waals surface area contributed by atoms with Crippen LogP contribution in [0.1, 0.15) is 47.9 Å². The predicted octanol–water partition coefficient (Wildman–Crippen LogP) is 3.36. The lowest BCUT2D eigenvalue weighted by Gasteiger charge is -2.30. The number of carbonyl (C=O) groups is 1. The highest BCUT2D eigenvalue weighted by molar-refractivity contribution is 5.92. The van der Waals surface area contributed by atoms with Gasteiger partial charge in [-0.25, -0.2) is 9.67 Å². The quantitative estimate of drug-likeness (QED) is 0.728. The van der Waals surface area contributed by atoms with Gasteiger partial charge in [-0.2, -0.15) is 5.10 Å². The molecule has 1 aliphatic rings. The summed E-state index contributed by atoms with van der Waals surface area (Å²) in [6, 6.07) is 11.6. The van der Waals surface area contributed by atoms with E-state index in [0.717, 1.165) is 32.2 Å². The molecule has 1 aliphatic heterocycles. The number of aryl methyl sites for hydroxylation is 1. The lowest BCUT2D eigenvalue weighted by molar-refractivity contribution is 0.0668. The Labute approximate surface area is 153 Å². The number of hydrogen-bond donors (Lipinski definition) is 0. The lowest BCUT2D eigenvalue weighted by Crippen LogP contribution is -2.36. The number of hydrogen-bond acceptors (Lipinski definition) is 3. The molecule has 0 N–H and O–H groups in total. The lowest BCUT2D eigenvalue weighted by atomic mass is 10.1. The Hall–Kier alpha value is -2.89. The highest BCUT2D eigenvalue weighted by atomic mass is 16.2. The molecule has 4 heterocycles. The molecule has 3 aromatic rings. The normalized spacial score (nSPS) is 17.9. The van der Waals surface area contributed by atoms with E-state index in [1.165, 1.54) is 5.69 Å². The molecule has 134 valence electrons. The van der Waals surface area contributed by atoms with E-state index in [1.54, 1.807) is 16.9 Å². The average Bonchev–Trinajstić information content (AvgIpc) is 3.29. The third kappa shape index (κ3) is 3.14. The van der Waals surface area contributed by atoms with E-state index >= 15 is 0 Å². The van der Waals surface area contributed by atoms with Crippen LogP contribution in [0.3, 0.4) is 0 Å². The molecule has 0 radical (unpaired) electrons. The first-order valence-corrected chi connectivity index (χ1v) is 9.13. The summed E-state index contributed by atoms with van der Waals surface area (Å²) in [7, 11) is 2.04. The topological polar surface area (TPSA) is 56.0 Å². The van der Waals surface area contributed by atoms with Crippen LogP contribution in [-0.2, 0) is 7.05 Å². The number of rotatable bonds is 3. The van der Waals surface area contributed by atoms with Crippen molar-refractivity contribution in [1.82, 2.24) is 24.2 Å². The molecular formula is C20H23N5O. The zero-order valence-electron chi connectivity index (χ0n) is 15.0.